The molecule has 6 nitrogen and oxygen atoms in total. The highest BCUT2D eigenvalue weighted by atomic mass is 16.5. The molecule has 6 heteroatoms. The van der Waals surface area contributed by atoms with Gasteiger partial charge in [-0.05, 0) is 44.9 Å². The van der Waals surface area contributed by atoms with Gasteiger partial charge in [0.2, 0.25) is 5.91 Å². The topological polar surface area (TPSA) is 75.7 Å². The second-order valence-corrected chi connectivity index (χ2v) is 6.99. The molecule has 130 valence electrons. The first-order valence-corrected chi connectivity index (χ1v) is 8.09. The van der Waals surface area contributed by atoms with Crippen molar-refractivity contribution in [3.05, 3.63) is 35.4 Å². The van der Waals surface area contributed by atoms with Gasteiger partial charge in [0.25, 0.3) is 5.91 Å². The van der Waals surface area contributed by atoms with E-state index in [0.29, 0.717) is 18.5 Å². The summed E-state index contributed by atoms with van der Waals surface area (Å²) in [7, 11) is 0. The van der Waals surface area contributed by atoms with Crippen LogP contribution in [0.4, 0.5) is 0 Å². The molecule has 1 saturated heterocycles. The van der Waals surface area contributed by atoms with Gasteiger partial charge in [-0.3, -0.25) is 9.59 Å². The summed E-state index contributed by atoms with van der Waals surface area (Å²) in [5.41, 5.74) is 0.986. The van der Waals surface area contributed by atoms with E-state index in [9.17, 15) is 14.4 Å². The first kappa shape index (κ1) is 18.0. The monoisotopic (exact) mass is 332 g/mol. The van der Waals surface area contributed by atoms with Crippen LogP contribution in [-0.2, 0) is 20.9 Å². The van der Waals surface area contributed by atoms with Gasteiger partial charge >= 0.3 is 5.97 Å². The summed E-state index contributed by atoms with van der Waals surface area (Å²) in [4.78, 5) is 37.0. The van der Waals surface area contributed by atoms with E-state index >= 15 is 0 Å². The normalized spacial score (nSPS) is 14.6. The summed E-state index contributed by atoms with van der Waals surface area (Å²) in [5, 5.41) is 2.73. The van der Waals surface area contributed by atoms with E-state index in [4.69, 9.17) is 4.74 Å². The molecule has 0 aliphatic carbocycles. The van der Waals surface area contributed by atoms with Crippen LogP contribution in [0.2, 0.25) is 0 Å². The zero-order valence-corrected chi connectivity index (χ0v) is 14.4. The van der Waals surface area contributed by atoms with Gasteiger partial charge in [-0.15, -0.1) is 0 Å². The number of nitrogens with one attached hydrogen (secondary N) is 1. The van der Waals surface area contributed by atoms with Crippen LogP contribution in [0.1, 0.15) is 49.5 Å². The molecule has 24 heavy (non-hydrogen) atoms. The average molecular weight is 332 g/mol. The second-order valence-electron chi connectivity index (χ2n) is 6.99. The molecule has 1 aliphatic rings. The van der Waals surface area contributed by atoms with Crippen molar-refractivity contribution in [2.75, 3.05) is 13.2 Å². The Morgan fingerprint density at radius 3 is 2.42 bits per heavy atom. The highest BCUT2D eigenvalue weighted by Crippen LogP contribution is 2.15. The van der Waals surface area contributed by atoms with Crippen molar-refractivity contribution in [2.45, 2.75) is 45.7 Å². The third-order valence-corrected chi connectivity index (χ3v) is 3.58. The molecule has 0 unspecified atom stereocenters. The molecule has 1 aliphatic heterocycles. The predicted molar refractivity (Wildman–Crippen MR) is 89.3 cm³/mol. The number of amides is 2. The van der Waals surface area contributed by atoms with E-state index in [1.54, 1.807) is 24.3 Å². The highest BCUT2D eigenvalue weighted by Gasteiger charge is 2.20. The summed E-state index contributed by atoms with van der Waals surface area (Å²) in [6.07, 6.45) is 1.51. The molecule has 0 spiro atoms. The Labute approximate surface area is 142 Å². The van der Waals surface area contributed by atoms with E-state index in [-0.39, 0.29) is 24.0 Å². The van der Waals surface area contributed by atoms with Crippen molar-refractivity contribution in [2.24, 2.45) is 0 Å². The molecule has 1 aromatic carbocycles. The van der Waals surface area contributed by atoms with Crippen LogP contribution in [0.25, 0.3) is 0 Å². The van der Waals surface area contributed by atoms with Gasteiger partial charge in [0.05, 0.1) is 5.56 Å². The molecule has 1 heterocycles. The first-order chi connectivity index (χ1) is 11.2. The molecule has 2 rings (SSSR count). The van der Waals surface area contributed by atoms with E-state index in [2.05, 4.69) is 5.32 Å². The van der Waals surface area contributed by atoms with Crippen LogP contribution < -0.4 is 5.32 Å². The van der Waals surface area contributed by atoms with E-state index in [1.807, 2.05) is 25.7 Å². The van der Waals surface area contributed by atoms with E-state index in [0.717, 1.165) is 18.5 Å². The number of nitrogens with zero attached hydrogens (tertiary/aromatic N) is 1. The number of hydrogen-bond acceptors (Lipinski definition) is 4. The van der Waals surface area contributed by atoms with Crippen molar-refractivity contribution >= 4 is 17.8 Å². The smallest absolute Gasteiger partial charge is 0.338 e. The first-order valence-electron chi connectivity index (χ1n) is 8.09. The maximum absolute atomic E-state index is 12.0. The summed E-state index contributed by atoms with van der Waals surface area (Å²) in [5.74, 6) is -0.703. The molecule has 1 N–H and O–H groups in total. The van der Waals surface area contributed by atoms with Crippen LogP contribution in [0.15, 0.2) is 24.3 Å². The molecule has 0 radical (unpaired) electrons. The van der Waals surface area contributed by atoms with Crippen LogP contribution in [0.3, 0.4) is 0 Å². The van der Waals surface area contributed by atoms with Gasteiger partial charge in [0, 0.05) is 25.0 Å². The maximum Gasteiger partial charge on any atom is 0.338 e. The Balaban J connectivity index is 1.84. The van der Waals surface area contributed by atoms with Crippen molar-refractivity contribution in [1.82, 2.24) is 10.2 Å². The van der Waals surface area contributed by atoms with Crippen LogP contribution in [0.5, 0.6) is 0 Å². The average Bonchev–Trinajstić information content (AvgIpc) is 2.89. The molecular formula is C18H24N2O4. The fourth-order valence-electron chi connectivity index (χ4n) is 2.51. The Hall–Kier alpha value is -2.37. The minimum Gasteiger partial charge on any atom is -0.452 e. The van der Waals surface area contributed by atoms with Crippen molar-refractivity contribution in [1.29, 1.82) is 0 Å². The van der Waals surface area contributed by atoms with Gasteiger partial charge < -0.3 is 15.0 Å². The Kier molecular flexibility index (Phi) is 5.59. The zero-order chi connectivity index (χ0) is 17.7. The Bertz CT molecular complexity index is 617. The number of hydrogen-bond donors (Lipinski definition) is 1. The summed E-state index contributed by atoms with van der Waals surface area (Å²) >= 11 is 0. The van der Waals surface area contributed by atoms with Crippen molar-refractivity contribution in [3.8, 4) is 0 Å². The second kappa shape index (κ2) is 7.47. The summed E-state index contributed by atoms with van der Waals surface area (Å²) in [6, 6.07) is 6.91. The molecule has 0 saturated carbocycles. The van der Waals surface area contributed by atoms with E-state index in [1.165, 1.54) is 0 Å². The third kappa shape index (κ3) is 5.37. The SMILES string of the molecule is CC(C)(C)NC(=O)COC(=O)c1ccc(CN2CCCC2=O)cc1. The largest absolute Gasteiger partial charge is 0.452 e. The molecule has 0 aromatic heterocycles. The molecule has 0 atom stereocenters. The molecular weight excluding hydrogens is 308 g/mol. The van der Waals surface area contributed by atoms with Gasteiger partial charge in [-0.2, -0.15) is 0 Å². The van der Waals surface area contributed by atoms with Gasteiger partial charge in [-0.1, -0.05) is 12.1 Å². The lowest BCUT2D eigenvalue weighted by Gasteiger charge is -2.20. The standard InChI is InChI=1S/C18H24N2O4/c1-18(2,3)19-15(21)12-24-17(23)14-8-6-13(7-9-14)11-20-10-4-5-16(20)22/h6-9H,4-5,10-12H2,1-3H3,(H,19,21). The van der Waals surface area contributed by atoms with Gasteiger partial charge in [0.1, 0.15) is 0 Å². The minimum absolute atomic E-state index is 0.170. The maximum atomic E-state index is 12.0. The fourth-order valence-corrected chi connectivity index (χ4v) is 2.51. The van der Waals surface area contributed by atoms with Crippen LogP contribution in [-0.4, -0.2) is 41.4 Å². The Morgan fingerprint density at radius 1 is 1.21 bits per heavy atom. The third-order valence-electron chi connectivity index (χ3n) is 3.58. The quantitative estimate of drug-likeness (QED) is 0.835. The van der Waals surface area contributed by atoms with Crippen LogP contribution >= 0.6 is 0 Å². The number of carbonyl (C=O) groups is 3. The van der Waals surface area contributed by atoms with Crippen molar-refractivity contribution in [3.63, 3.8) is 0 Å². The predicted octanol–water partition coefficient (Wildman–Crippen LogP) is 1.88. The number of esters is 1. The van der Waals surface area contributed by atoms with Crippen molar-refractivity contribution < 1.29 is 19.1 Å². The number of benzene rings is 1. The minimum atomic E-state index is -0.539. The molecule has 2 amide bonds. The number of likely N-dealkylation sites (tertiary alicyclic amines) is 1. The fraction of sp³-hybridized carbons (Fsp3) is 0.500. The lowest BCUT2D eigenvalue weighted by molar-refractivity contribution is -0.128. The number of carbonyl (C=O) groups excluding carboxylic acids is 3. The highest BCUT2D eigenvalue weighted by molar-refractivity contribution is 5.91. The van der Waals surface area contributed by atoms with Gasteiger partial charge in [-0.25, -0.2) is 4.79 Å². The van der Waals surface area contributed by atoms with E-state index < -0.39 is 5.97 Å². The molecule has 0 bridgehead atoms. The summed E-state index contributed by atoms with van der Waals surface area (Å²) in [6.45, 7) is 6.61. The number of rotatable bonds is 5. The summed E-state index contributed by atoms with van der Waals surface area (Å²) < 4.78 is 5.01. The molecule has 1 fully saturated rings. The lowest BCUT2D eigenvalue weighted by atomic mass is 10.1. The van der Waals surface area contributed by atoms with Crippen LogP contribution in [0, 0.1) is 0 Å². The molecule has 1 aromatic rings. The lowest BCUT2D eigenvalue weighted by Crippen LogP contribution is -2.42. The Morgan fingerprint density at radius 2 is 1.88 bits per heavy atom. The number of ether oxygens (including phenoxy) is 1. The zero-order valence-electron chi connectivity index (χ0n) is 14.4. The van der Waals surface area contributed by atoms with Gasteiger partial charge in [0.15, 0.2) is 6.61 Å².